The van der Waals surface area contributed by atoms with Gasteiger partial charge >= 0.3 is 0 Å². The third-order valence-electron chi connectivity index (χ3n) is 4.10. The molecule has 0 amide bonds. The first-order chi connectivity index (χ1) is 8.81. The molecule has 2 rings (SSSR count). The predicted molar refractivity (Wildman–Crippen MR) is 79.1 cm³/mol. The highest BCUT2D eigenvalue weighted by Crippen LogP contribution is 2.25. The fourth-order valence-electron chi connectivity index (χ4n) is 2.91. The summed E-state index contributed by atoms with van der Waals surface area (Å²) in [6.07, 6.45) is 8.35. The lowest BCUT2D eigenvalue weighted by Gasteiger charge is -2.29. The molecule has 1 aliphatic carbocycles. The third-order valence-corrected chi connectivity index (χ3v) is 4.10. The average Bonchev–Trinajstić information content (AvgIpc) is 2.68. The van der Waals surface area contributed by atoms with Crippen molar-refractivity contribution in [3.63, 3.8) is 0 Å². The summed E-state index contributed by atoms with van der Waals surface area (Å²) in [6, 6.07) is 9.73. The normalized spacial score (nSPS) is 17.4. The van der Waals surface area contributed by atoms with E-state index in [0.717, 1.165) is 12.6 Å². The smallest absolute Gasteiger partial charge is 0.0366 e. The predicted octanol–water partition coefficient (Wildman–Crippen LogP) is 3.57. The van der Waals surface area contributed by atoms with E-state index in [1.54, 1.807) is 0 Å². The third kappa shape index (κ3) is 3.49. The van der Waals surface area contributed by atoms with E-state index in [4.69, 9.17) is 0 Å². The Morgan fingerprint density at radius 1 is 1.06 bits per heavy atom. The lowest BCUT2D eigenvalue weighted by molar-refractivity contribution is 0.553. The molecular weight excluding hydrogens is 220 g/mol. The summed E-state index contributed by atoms with van der Waals surface area (Å²) in [5, 5.41) is 3.19. The van der Waals surface area contributed by atoms with Gasteiger partial charge in [0.25, 0.3) is 0 Å². The Morgan fingerprint density at radius 2 is 1.67 bits per heavy atom. The van der Waals surface area contributed by atoms with E-state index in [-0.39, 0.29) is 0 Å². The van der Waals surface area contributed by atoms with Gasteiger partial charge in [-0.15, -0.1) is 0 Å². The fraction of sp³-hybridized carbons (Fsp3) is 0.625. The standard InChI is InChI=1S/C16H26N2/c1-17-13-14-9-11-16(12-10-14)18(2)15-7-5-3-4-6-8-15/h9-12,15,17H,3-8,13H2,1-2H3. The van der Waals surface area contributed by atoms with E-state index in [1.165, 1.54) is 49.8 Å². The van der Waals surface area contributed by atoms with Gasteiger partial charge in [0.15, 0.2) is 0 Å². The summed E-state index contributed by atoms with van der Waals surface area (Å²) in [5.41, 5.74) is 2.72. The minimum absolute atomic E-state index is 0.739. The SMILES string of the molecule is CNCc1ccc(N(C)C2CCCCCC2)cc1. The van der Waals surface area contributed by atoms with Gasteiger partial charge in [-0.2, -0.15) is 0 Å². The van der Waals surface area contributed by atoms with Gasteiger partial charge in [-0.05, 0) is 37.6 Å². The minimum Gasteiger partial charge on any atom is -0.372 e. The summed E-state index contributed by atoms with van der Waals surface area (Å²) < 4.78 is 0. The zero-order chi connectivity index (χ0) is 12.8. The maximum absolute atomic E-state index is 3.19. The summed E-state index contributed by atoms with van der Waals surface area (Å²) in [4.78, 5) is 2.48. The van der Waals surface area contributed by atoms with Gasteiger partial charge < -0.3 is 10.2 Å². The van der Waals surface area contributed by atoms with Crippen molar-refractivity contribution in [3.05, 3.63) is 29.8 Å². The quantitative estimate of drug-likeness (QED) is 0.817. The minimum atomic E-state index is 0.739. The van der Waals surface area contributed by atoms with Crippen LogP contribution in [0.15, 0.2) is 24.3 Å². The van der Waals surface area contributed by atoms with E-state index in [9.17, 15) is 0 Å². The van der Waals surface area contributed by atoms with Gasteiger partial charge in [-0.1, -0.05) is 37.8 Å². The Bertz CT molecular complexity index is 337. The van der Waals surface area contributed by atoms with Crippen LogP contribution in [-0.4, -0.2) is 20.1 Å². The van der Waals surface area contributed by atoms with Crippen molar-refractivity contribution in [2.75, 3.05) is 19.0 Å². The largest absolute Gasteiger partial charge is 0.372 e. The Labute approximate surface area is 111 Å². The zero-order valence-corrected chi connectivity index (χ0v) is 11.8. The van der Waals surface area contributed by atoms with Gasteiger partial charge in [-0.25, -0.2) is 0 Å². The molecule has 0 bridgehead atoms. The van der Waals surface area contributed by atoms with Gasteiger partial charge in [0.2, 0.25) is 0 Å². The second kappa shape index (κ2) is 6.79. The molecule has 0 saturated heterocycles. The molecule has 18 heavy (non-hydrogen) atoms. The van der Waals surface area contributed by atoms with Crippen LogP contribution in [0.4, 0.5) is 5.69 Å². The Balaban J connectivity index is 2.00. The maximum Gasteiger partial charge on any atom is 0.0366 e. The molecule has 2 nitrogen and oxygen atoms in total. The Morgan fingerprint density at radius 3 is 2.22 bits per heavy atom. The molecule has 100 valence electrons. The van der Waals surface area contributed by atoms with Gasteiger partial charge in [0.1, 0.15) is 0 Å². The molecular formula is C16H26N2. The second-order valence-corrected chi connectivity index (χ2v) is 5.45. The first kappa shape index (κ1) is 13.4. The van der Waals surface area contributed by atoms with E-state index in [1.807, 2.05) is 7.05 Å². The lowest BCUT2D eigenvalue weighted by Crippen LogP contribution is -2.30. The van der Waals surface area contributed by atoms with Crippen LogP contribution in [0, 0.1) is 0 Å². The van der Waals surface area contributed by atoms with Crippen LogP contribution < -0.4 is 10.2 Å². The number of anilines is 1. The van der Waals surface area contributed by atoms with Crippen LogP contribution in [0.25, 0.3) is 0 Å². The van der Waals surface area contributed by atoms with E-state index < -0.39 is 0 Å². The Kier molecular flexibility index (Phi) is 5.06. The van der Waals surface area contributed by atoms with E-state index >= 15 is 0 Å². The van der Waals surface area contributed by atoms with Gasteiger partial charge in [0.05, 0.1) is 0 Å². The molecule has 0 radical (unpaired) electrons. The average molecular weight is 246 g/mol. The van der Waals surface area contributed by atoms with Crippen molar-refractivity contribution in [2.45, 2.75) is 51.1 Å². The first-order valence-corrected chi connectivity index (χ1v) is 7.27. The molecule has 1 aromatic carbocycles. The fourth-order valence-corrected chi connectivity index (χ4v) is 2.91. The van der Waals surface area contributed by atoms with Crippen LogP contribution >= 0.6 is 0 Å². The highest BCUT2D eigenvalue weighted by Gasteiger charge is 2.17. The van der Waals surface area contributed by atoms with Crippen molar-refractivity contribution in [3.8, 4) is 0 Å². The van der Waals surface area contributed by atoms with Crippen LogP contribution in [-0.2, 0) is 6.54 Å². The molecule has 0 aliphatic heterocycles. The summed E-state index contributed by atoms with van der Waals surface area (Å²) >= 11 is 0. The van der Waals surface area contributed by atoms with E-state index in [2.05, 4.69) is 41.5 Å². The number of rotatable bonds is 4. The lowest BCUT2D eigenvalue weighted by atomic mass is 10.1. The van der Waals surface area contributed by atoms with Gasteiger partial charge in [0, 0.05) is 25.3 Å². The number of benzene rings is 1. The number of nitrogens with one attached hydrogen (secondary N) is 1. The topological polar surface area (TPSA) is 15.3 Å². The molecule has 0 atom stereocenters. The van der Waals surface area contributed by atoms with Crippen LogP contribution in [0.2, 0.25) is 0 Å². The number of hydrogen-bond acceptors (Lipinski definition) is 2. The highest BCUT2D eigenvalue weighted by molar-refractivity contribution is 5.47. The molecule has 0 heterocycles. The van der Waals surface area contributed by atoms with Crippen LogP contribution in [0.1, 0.15) is 44.1 Å². The van der Waals surface area contributed by atoms with Crippen molar-refractivity contribution in [2.24, 2.45) is 0 Å². The molecule has 1 N–H and O–H groups in total. The first-order valence-electron chi connectivity index (χ1n) is 7.27. The van der Waals surface area contributed by atoms with E-state index in [0.29, 0.717) is 0 Å². The number of hydrogen-bond donors (Lipinski definition) is 1. The number of nitrogens with zero attached hydrogens (tertiary/aromatic N) is 1. The van der Waals surface area contributed by atoms with Crippen LogP contribution in [0.5, 0.6) is 0 Å². The van der Waals surface area contributed by atoms with Crippen molar-refractivity contribution < 1.29 is 0 Å². The molecule has 2 heteroatoms. The molecule has 0 unspecified atom stereocenters. The summed E-state index contributed by atoms with van der Waals surface area (Å²) in [7, 11) is 4.24. The second-order valence-electron chi connectivity index (χ2n) is 5.45. The molecule has 1 saturated carbocycles. The molecule has 1 fully saturated rings. The molecule has 1 aliphatic rings. The highest BCUT2D eigenvalue weighted by atomic mass is 15.1. The molecule has 0 spiro atoms. The van der Waals surface area contributed by atoms with Gasteiger partial charge in [-0.3, -0.25) is 0 Å². The van der Waals surface area contributed by atoms with Crippen molar-refractivity contribution >= 4 is 5.69 Å². The van der Waals surface area contributed by atoms with Crippen molar-refractivity contribution in [1.29, 1.82) is 0 Å². The zero-order valence-electron chi connectivity index (χ0n) is 11.8. The van der Waals surface area contributed by atoms with Crippen LogP contribution in [0.3, 0.4) is 0 Å². The Hall–Kier alpha value is -1.02. The summed E-state index contributed by atoms with van der Waals surface area (Å²) in [6.45, 7) is 0.952. The molecule has 0 aromatic heterocycles. The van der Waals surface area contributed by atoms with Crippen molar-refractivity contribution in [1.82, 2.24) is 5.32 Å². The summed E-state index contributed by atoms with van der Waals surface area (Å²) in [5.74, 6) is 0. The molecule has 1 aromatic rings. The maximum atomic E-state index is 3.19. The monoisotopic (exact) mass is 246 g/mol.